The van der Waals surface area contributed by atoms with E-state index in [4.69, 9.17) is 11.6 Å². The van der Waals surface area contributed by atoms with Gasteiger partial charge in [0.15, 0.2) is 0 Å². The summed E-state index contributed by atoms with van der Waals surface area (Å²) >= 11 is 5.90. The molecule has 1 aliphatic heterocycles. The fraction of sp³-hybridized carbons (Fsp3) is 0. The largest absolute Gasteiger partial charge is 0.350 e. The van der Waals surface area contributed by atoms with E-state index in [1.165, 1.54) is 48.5 Å². The summed E-state index contributed by atoms with van der Waals surface area (Å²) < 4.78 is 26.6. The summed E-state index contributed by atoms with van der Waals surface area (Å²) in [5.74, 6) is -2.04. The molecule has 3 aromatic rings. The van der Waals surface area contributed by atoms with E-state index < -0.39 is 23.4 Å². The van der Waals surface area contributed by atoms with E-state index in [-0.39, 0.29) is 11.3 Å². The molecule has 4 nitrogen and oxygen atoms in total. The van der Waals surface area contributed by atoms with Crippen molar-refractivity contribution in [2.45, 2.75) is 0 Å². The van der Waals surface area contributed by atoms with Gasteiger partial charge in [-0.15, -0.1) is 0 Å². The van der Waals surface area contributed by atoms with Gasteiger partial charge in [-0.3, -0.25) is 9.59 Å². The number of rotatable bonds is 4. The van der Waals surface area contributed by atoms with Gasteiger partial charge in [0.25, 0.3) is 11.8 Å². The summed E-state index contributed by atoms with van der Waals surface area (Å²) in [6.07, 6.45) is 0. The second-order valence-electron chi connectivity index (χ2n) is 6.31. The standard InChI is InChI=1S/C22H13ClF2N2O2/c23-14-3-11-18(12-4-14)27-21(28)19(13-1-5-15(24)6-2-13)20(22(27)29)26-17-9-7-16(25)8-10-17/h1-12,26H. The summed E-state index contributed by atoms with van der Waals surface area (Å²) in [5.41, 5.74) is 1.27. The fourth-order valence-corrected chi connectivity index (χ4v) is 3.16. The van der Waals surface area contributed by atoms with E-state index in [1.807, 2.05) is 0 Å². The van der Waals surface area contributed by atoms with Crippen LogP contribution in [0.1, 0.15) is 5.56 Å². The Morgan fingerprint density at radius 3 is 1.86 bits per heavy atom. The zero-order valence-electron chi connectivity index (χ0n) is 14.8. The third kappa shape index (κ3) is 3.62. The van der Waals surface area contributed by atoms with Crippen molar-refractivity contribution in [1.29, 1.82) is 0 Å². The first-order valence-corrected chi connectivity index (χ1v) is 8.99. The Morgan fingerprint density at radius 2 is 1.28 bits per heavy atom. The minimum atomic E-state index is -0.582. The topological polar surface area (TPSA) is 49.4 Å². The number of nitrogens with zero attached hydrogens (tertiary/aromatic N) is 1. The van der Waals surface area contributed by atoms with Gasteiger partial charge in [0, 0.05) is 10.7 Å². The van der Waals surface area contributed by atoms with Gasteiger partial charge in [-0.25, -0.2) is 13.7 Å². The minimum Gasteiger partial charge on any atom is -0.350 e. The van der Waals surface area contributed by atoms with Gasteiger partial charge in [0.1, 0.15) is 17.3 Å². The normalized spacial score (nSPS) is 14.0. The number of hydrogen-bond acceptors (Lipinski definition) is 3. The number of hydrogen-bond donors (Lipinski definition) is 1. The molecule has 1 heterocycles. The van der Waals surface area contributed by atoms with Crippen LogP contribution in [-0.4, -0.2) is 11.8 Å². The Bertz CT molecular complexity index is 1120. The molecule has 4 rings (SSSR count). The fourth-order valence-electron chi connectivity index (χ4n) is 3.03. The average molecular weight is 411 g/mol. The molecule has 1 N–H and O–H groups in total. The maximum absolute atomic E-state index is 13.4. The molecular weight excluding hydrogens is 398 g/mol. The van der Waals surface area contributed by atoms with Crippen LogP contribution in [0.3, 0.4) is 0 Å². The lowest BCUT2D eigenvalue weighted by molar-refractivity contribution is -0.120. The summed E-state index contributed by atoms with van der Waals surface area (Å²) in [6, 6.07) is 16.9. The Balaban J connectivity index is 1.80. The van der Waals surface area contributed by atoms with Gasteiger partial charge in [-0.2, -0.15) is 0 Å². The van der Waals surface area contributed by atoms with Gasteiger partial charge in [-0.05, 0) is 66.2 Å². The van der Waals surface area contributed by atoms with Crippen LogP contribution < -0.4 is 10.2 Å². The third-order valence-electron chi connectivity index (χ3n) is 4.42. The number of amides is 2. The van der Waals surface area contributed by atoms with Crippen LogP contribution in [0.5, 0.6) is 0 Å². The number of halogens is 3. The number of benzene rings is 3. The molecule has 0 spiro atoms. The van der Waals surface area contributed by atoms with E-state index in [9.17, 15) is 18.4 Å². The maximum atomic E-state index is 13.4. The second-order valence-corrected chi connectivity index (χ2v) is 6.75. The molecule has 0 atom stereocenters. The van der Waals surface area contributed by atoms with Crippen LogP contribution in [-0.2, 0) is 9.59 Å². The molecule has 0 saturated heterocycles. The molecule has 0 radical (unpaired) electrons. The molecule has 0 aromatic heterocycles. The van der Waals surface area contributed by atoms with Crippen molar-refractivity contribution in [3.63, 3.8) is 0 Å². The Labute approximate surface area is 170 Å². The predicted molar refractivity (Wildman–Crippen MR) is 107 cm³/mol. The first-order valence-electron chi connectivity index (χ1n) is 8.61. The SMILES string of the molecule is O=C1C(Nc2ccc(F)cc2)=C(c2ccc(F)cc2)C(=O)N1c1ccc(Cl)cc1. The van der Waals surface area contributed by atoms with E-state index >= 15 is 0 Å². The zero-order valence-corrected chi connectivity index (χ0v) is 15.6. The van der Waals surface area contributed by atoms with Crippen molar-refractivity contribution in [3.8, 4) is 0 Å². The minimum absolute atomic E-state index is 0.0168. The lowest BCUT2D eigenvalue weighted by atomic mass is 10.0. The van der Waals surface area contributed by atoms with Crippen LogP contribution in [0.15, 0.2) is 78.5 Å². The smallest absolute Gasteiger partial charge is 0.282 e. The average Bonchev–Trinajstić information content (AvgIpc) is 2.95. The molecule has 2 amide bonds. The van der Waals surface area contributed by atoms with Gasteiger partial charge in [0.2, 0.25) is 0 Å². The molecule has 29 heavy (non-hydrogen) atoms. The lowest BCUT2D eigenvalue weighted by Gasteiger charge is -2.15. The van der Waals surface area contributed by atoms with Gasteiger partial charge in [-0.1, -0.05) is 23.7 Å². The van der Waals surface area contributed by atoms with E-state index in [0.29, 0.717) is 22.0 Å². The van der Waals surface area contributed by atoms with Crippen molar-refractivity contribution in [3.05, 3.63) is 101 Å². The predicted octanol–water partition coefficient (Wildman–Crippen LogP) is 5.01. The van der Waals surface area contributed by atoms with Gasteiger partial charge >= 0.3 is 0 Å². The van der Waals surface area contributed by atoms with Crippen LogP contribution in [0, 0.1) is 11.6 Å². The third-order valence-corrected chi connectivity index (χ3v) is 4.67. The van der Waals surface area contributed by atoms with E-state index in [2.05, 4.69) is 5.32 Å². The first kappa shape index (κ1) is 18.8. The van der Waals surface area contributed by atoms with Crippen LogP contribution in [0.2, 0.25) is 5.02 Å². The highest BCUT2D eigenvalue weighted by atomic mass is 35.5. The molecule has 144 valence electrons. The van der Waals surface area contributed by atoms with Crippen molar-refractivity contribution >= 4 is 40.4 Å². The second kappa shape index (κ2) is 7.48. The van der Waals surface area contributed by atoms with Gasteiger partial charge < -0.3 is 5.32 Å². The molecule has 0 bridgehead atoms. The Hall–Kier alpha value is -3.51. The monoisotopic (exact) mass is 410 g/mol. The number of anilines is 2. The van der Waals surface area contributed by atoms with E-state index in [1.54, 1.807) is 24.3 Å². The van der Waals surface area contributed by atoms with Crippen molar-refractivity contribution in [1.82, 2.24) is 0 Å². The number of imide groups is 1. The Morgan fingerprint density at radius 1 is 0.724 bits per heavy atom. The van der Waals surface area contributed by atoms with E-state index in [0.717, 1.165) is 4.90 Å². The molecule has 7 heteroatoms. The summed E-state index contributed by atoms with van der Waals surface area (Å²) in [5, 5.41) is 3.37. The summed E-state index contributed by atoms with van der Waals surface area (Å²) in [6.45, 7) is 0. The molecule has 0 unspecified atom stereocenters. The molecule has 1 aliphatic rings. The van der Waals surface area contributed by atoms with Crippen molar-refractivity contribution in [2.24, 2.45) is 0 Å². The van der Waals surface area contributed by atoms with Gasteiger partial charge in [0.05, 0.1) is 11.3 Å². The molecule has 0 fully saturated rings. The molecule has 3 aromatic carbocycles. The van der Waals surface area contributed by atoms with Crippen molar-refractivity contribution < 1.29 is 18.4 Å². The first-order chi connectivity index (χ1) is 13.9. The summed E-state index contributed by atoms with van der Waals surface area (Å²) in [7, 11) is 0. The maximum Gasteiger partial charge on any atom is 0.282 e. The molecular formula is C22H13ClF2N2O2. The Kier molecular flexibility index (Phi) is 4.86. The number of carbonyl (C=O) groups is 2. The molecule has 0 aliphatic carbocycles. The highest BCUT2D eigenvalue weighted by Crippen LogP contribution is 2.34. The quantitative estimate of drug-likeness (QED) is 0.615. The highest BCUT2D eigenvalue weighted by Gasteiger charge is 2.40. The number of nitrogens with one attached hydrogen (secondary N) is 1. The van der Waals surface area contributed by atoms with Crippen LogP contribution in [0.4, 0.5) is 20.2 Å². The van der Waals surface area contributed by atoms with Crippen LogP contribution in [0.25, 0.3) is 5.57 Å². The summed E-state index contributed by atoms with van der Waals surface area (Å²) in [4.78, 5) is 27.3. The number of carbonyl (C=O) groups excluding carboxylic acids is 2. The van der Waals surface area contributed by atoms with Crippen molar-refractivity contribution in [2.75, 3.05) is 10.2 Å². The zero-order chi connectivity index (χ0) is 20.5. The lowest BCUT2D eigenvalue weighted by Crippen LogP contribution is -2.32. The highest BCUT2D eigenvalue weighted by molar-refractivity contribution is 6.46. The molecule has 0 saturated carbocycles. The van der Waals surface area contributed by atoms with Crippen LogP contribution >= 0.6 is 11.6 Å².